The number of carbonyl (C=O) groups is 1. The fourth-order valence-corrected chi connectivity index (χ4v) is 4.97. The number of benzene rings is 2. The van der Waals surface area contributed by atoms with Crippen LogP contribution in [0.3, 0.4) is 0 Å². The number of hydrogen-bond acceptors (Lipinski definition) is 7. The molecular formula is C26H30N6O2S. The largest absolute Gasteiger partial charge is 0.480 e. The third-order valence-corrected chi connectivity index (χ3v) is 6.41. The van der Waals surface area contributed by atoms with E-state index in [0.29, 0.717) is 0 Å². The third kappa shape index (κ3) is 6.32. The Morgan fingerprint density at radius 3 is 2.49 bits per heavy atom. The smallest absolute Gasteiger partial charge is 0.324 e. The predicted octanol–water partition coefficient (Wildman–Crippen LogP) is 4.61. The van der Waals surface area contributed by atoms with Crippen LogP contribution >= 0.6 is 11.9 Å². The molecule has 0 radical (unpaired) electrons. The standard InChI is InChI=1S/C26H30N6O2S/c1-18-11-19(2)13-22(12-18)35-32(17-26(33)34)21-5-6-23-20(14-21)7-9-31(23)25-16-28-24(15-29-25)27-8-10-30(3)4/h5-7,9,11-16H,8,10,17H2,1-4H3,(H,27,28)(H,33,34). The summed E-state index contributed by atoms with van der Waals surface area (Å²) in [5.74, 6) is 0.578. The quantitative estimate of drug-likeness (QED) is 0.312. The summed E-state index contributed by atoms with van der Waals surface area (Å²) < 4.78 is 3.79. The normalized spacial score (nSPS) is 11.2. The van der Waals surface area contributed by atoms with Crippen LogP contribution in [0.25, 0.3) is 16.7 Å². The van der Waals surface area contributed by atoms with Gasteiger partial charge in [-0.15, -0.1) is 0 Å². The minimum atomic E-state index is -0.880. The zero-order valence-corrected chi connectivity index (χ0v) is 21.2. The molecule has 2 aromatic heterocycles. The van der Waals surface area contributed by atoms with E-state index in [4.69, 9.17) is 0 Å². The zero-order chi connectivity index (χ0) is 24.9. The first-order valence-corrected chi connectivity index (χ1v) is 12.1. The summed E-state index contributed by atoms with van der Waals surface area (Å²) in [6.07, 6.45) is 5.44. The second-order valence-electron chi connectivity index (χ2n) is 8.76. The molecule has 0 amide bonds. The van der Waals surface area contributed by atoms with Crippen LogP contribution in [0.4, 0.5) is 11.5 Å². The van der Waals surface area contributed by atoms with Crippen LogP contribution in [0.15, 0.2) is 66.0 Å². The maximum absolute atomic E-state index is 11.6. The number of hydrogen-bond donors (Lipinski definition) is 2. The van der Waals surface area contributed by atoms with E-state index in [1.807, 2.05) is 63.0 Å². The van der Waals surface area contributed by atoms with Crippen molar-refractivity contribution in [2.45, 2.75) is 18.7 Å². The average Bonchev–Trinajstić information content (AvgIpc) is 3.21. The van der Waals surface area contributed by atoms with Gasteiger partial charge in [-0.25, -0.2) is 9.97 Å². The summed E-state index contributed by atoms with van der Waals surface area (Å²) >= 11 is 1.43. The number of aryl methyl sites for hydroxylation is 2. The van der Waals surface area contributed by atoms with Crippen LogP contribution in [-0.4, -0.2) is 64.2 Å². The van der Waals surface area contributed by atoms with Crippen molar-refractivity contribution in [3.63, 3.8) is 0 Å². The van der Waals surface area contributed by atoms with Gasteiger partial charge in [0.25, 0.3) is 0 Å². The topological polar surface area (TPSA) is 86.5 Å². The van der Waals surface area contributed by atoms with Crippen LogP contribution in [0.2, 0.25) is 0 Å². The molecule has 0 aliphatic carbocycles. The molecule has 8 nitrogen and oxygen atoms in total. The van der Waals surface area contributed by atoms with Crippen molar-refractivity contribution in [2.75, 3.05) is 43.4 Å². The molecule has 4 rings (SSSR count). The molecule has 2 heterocycles. The molecule has 4 aromatic rings. The van der Waals surface area contributed by atoms with Gasteiger partial charge in [-0.2, -0.15) is 0 Å². The van der Waals surface area contributed by atoms with E-state index in [-0.39, 0.29) is 6.54 Å². The molecule has 0 spiro atoms. The van der Waals surface area contributed by atoms with Gasteiger partial charge in [-0.05, 0) is 87.4 Å². The number of carboxylic acids is 1. The number of carboxylic acid groups (broad SMARTS) is 1. The Kier molecular flexibility index (Phi) is 7.57. The van der Waals surface area contributed by atoms with Crippen molar-refractivity contribution < 1.29 is 9.90 Å². The van der Waals surface area contributed by atoms with E-state index in [1.165, 1.54) is 11.9 Å². The summed E-state index contributed by atoms with van der Waals surface area (Å²) in [6, 6.07) is 14.2. The number of nitrogens with one attached hydrogen (secondary N) is 1. The van der Waals surface area contributed by atoms with Gasteiger partial charge in [0.2, 0.25) is 0 Å². The Balaban J connectivity index is 1.57. The lowest BCUT2D eigenvalue weighted by atomic mass is 10.2. The van der Waals surface area contributed by atoms with Crippen molar-refractivity contribution in [1.82, 2.24) is 19.4 Å². The summed E-state index contributed by atoms with van der Waals surface area (Å²) in [6.45, 7) is 5.68. The molecule has 0 saturated carbocycles. The first-order valence-electron chi connectivity index (χ1n) is 11.4. The molecule has 0 unspecified atom stereocenters. The molecule has 0 bridgehead atoms. The van der Waals surface area contributed by atoms with Gasteiger partial charge in [-0.1, -0.05) is 6.07 Å². The highest BCUT2D eigenvalue weighted by atomic mass is 32.2. The van der Waals surface area contributed by atoms with Crippen LogP contribution in [0, 0.1) is 13.8 Å². The van der Waals surface area contributed by atoms with Crippen molar-refractivity contribution >= 4 is 40.3 Å². The van der Waals surface area contributed by atoms with Gasteiger partial charge >= 0.3 is 5.97 Å². The van der Waals surface area contributed by atoms with Gasteiger partial charge in [0.15, 0.2) is 5.82 Å². The minimum absolute atomic E-state index is 0.113. The lowest BCUT2D eigenvalue weighted by molar-refractivity contribution is -0.135. The molecule has 0 aliphatic rings. The van der Waals surface area contributed by atoms with Crippen molar-refractivity contribution in [1.29, 1.82) is 0 Å². The second-order valence-corrected chi connectivity index (χ2v) is 9.86. The molecule has 0 saturated heterocycles. The molecule has 9 heteroatoms. The zero-order valence-electron chi connectivity index (χ0n) is 20.4. The Hall–Kier alpha value is -3.56. The van der Waals surface area contributed by atoms with E-state index in [2.05, 4.69) is 38.4 Å². The molecule has 2 N–H and O–H groups in total. The fourth-order valence-electron chi connectivity index (χ4n) is 3.84. The summed E-state index contributed by atoms with van der Waals surface area (Å²) in [7, 11) is 4.06. The van der Waals surface area contributed by atoms with Crippen molar-refractivity contribution in [3.8, 4) is 5.82 Å². The van der Waals surface area contributed by atoms with E-state index in [9.17, 15) is 9.90 Å². The molecule has 0 aliphatic heterocycles. The van der Waals surface area contributed by atoms with E-state index >= 15 is 0 Å². The number of anilines is 2. The molecule has 35 heavy (non-hydrogen) atoms. The Labute approximate surface area is 209 Å². The molecule has 0 atom stereocenters. The number of likely N-dealkylation sites (N-methyl/N-ethyl adjacent to an activating group) is 1. The predicted molar refractivity (Wildman–Crippen MR) is 143 cm³/mol. The van der Waals surface area contributed by atoms with E-state index < -0.39 is 5.97 Å². The number of nitrogens with zero attached hydrogens (tertiary/aromatic N) is 5. The number of fused-ring (bicyclic) bond motifs is 1. The highest BCUT2D eigenvalue weighted by Crippen LogP contribution is 2.32. The maximum Gasteiger partial charge on any atom is 0.324 e. The van der Waals surface area contributed by atoms with Crippen molar-refractivity contribution in [2.24, 2.45) is 0 Å². The minimum Gasteiger partial charge on any atom is -0.480 e. The molecule has 2 aromatic carbocycles. The highest BCUT2D eigenvalue weighted by molar-refractivity contribution is 8.00. The monoisotopic (exact) mass is 490 g/mol. The van der Waals surface area contributed by atoms with E-state index in [0.717, 1.165) is 57.3 Å². The number of aromatic nitrogens is 3. The Morgan fingerprint density at radius 1 is 1.06 bits per heavy atom. The molecular weight excluding hydrogens is 460 g/mol. The van der Waals surface area contributed by atoms with Crippen LogP contribution in [0.5, 0.6) is 0 Å². The SMILES string of the molecule is Cc1cc(C)cc(SN(CC(=O)O)c2ccc3c(ccn3-c3cnc(NCCN(C)C)cn3)c2)c1. The molecule has 0 fully saturated rings. The lowest BCUT2D eigenvalue weighted by Crippen LogP contribution is -2.22. The van der Waals surface area contributed by atoms with Crippen LogP contribution in [0.1, 0.15) is 11.1 Å². The van der Waals surface area contributed by atoms with Crippen molar-refractivity contribution in [3.05, 3.63) is 72.2 Å². The third-order valence-electron chi connectivity index (χ3n) is 5.40. The maximum atomic E-state index is 11.6. The first-order chi connectivity index (χ1) is 16.8. The number of aliphatic carboxylic acids is 1. The summed E-state index contributed by atoms with van der Waals surface area (Å²) in [5, 5.41) is 13.8. The van der Waals surface area contributed by atoms with E-state index in [1.54, 1.807) is 16.7 Å². The second kappa shape index (κ2) is 10.8. The van der Waals surface area contributed by atoms with Gasteiger partial charge in [0.1, 0.15) is 12.4 Å². The van der Waals surface area contributed by atoms with Gasteiger partial charge in [0.05, 0.1) is 17.9 Å². The van der Waals surface area contributed by atoms with Crippen LogP contribution < -0.4 is 9.62 Å². The number of rotatable bonds is 10. The van der Waals surface area contributed by atoms with Crippen LogP contribution in [-0.2, 0) is 4.79 Å². The van der Waals surface area contributed by atoms with Gasteiger partial charge < -0.3 is 19.6 Å². The fraction of sp³-hybridized carbons (Fsp3) is 0.269. The Bertz CT molecular complexity index is 1300. The molecule has 182 valence electrons. The summed E-state index contributed by atoms with van der Waals surface area (Å²) in [4.78, 5) is 23.8. The van der Waals surface area contributed by atoms with Gasteiger partial charge in [0, 0.05) is 35.3 Å². The summed E-state index contributed by atoms with van der Waals surface area (Å²) in [5.41, 5.74) is 4.10. The lowest BCUT2D eigenvalue weighted by Gasteiger charge is -2.22. The van der Waals surface area contributed by atoms with Gasteiger partial charge in [-0.3, -0.25) is 9.36 Å². The highest BCUT2D eigenvalue weighted by Gasteiger charge is 2.15. The average molecular weight is 491 g/mol. The first kappa shape index (κ1) is 24.6. The Morgan fingerprint density at radius 2 is 1.83 bits per heavy atom.